The molecule has 0 saturated heterocycles. The van der Waals surface area contributed by atoms with Crippen molar-refractivity contribution < 1.29 is 24.6 Å². The van der Waals surface area contributed by atoms with Crippen LogP contribution in [0.4, 0.5) is 0 Å². The minimum Gasteiger partial charge on any atom is -0.390 e. The fourth-order valence-corrected chi connectivity index (χ4v) is 6.53. The fraction of sp³-hybridized carbons (Fsp3) is 0.556. The number of aromatic amines is 1. The average molecular weight is 634 g/mol. The van der Waals surface area contributed by atoms with Crippen LogP contribution in [-0.2, 0) is 16.1 Å². The third kappa shape index (κ3) is 9.16. The number of benzene rings is 2. The Labute approximate surface area is 272 Å². The van der Waals surface area contributed by atoms with Gasteiger partial charge in [0, 0.05) is 5.56 Å². The fourth-order valence-electron chi connectivity index (χ4n) is 6.53. The Morgan fingerprint density at radius 3 is 2.22 bits per heavy atom. The van der Waals surface area contributed by atoms with E-state index in [0.29, 0.717) is 30.1 Å². The number of hydrogen-bond acceptors (Lipinski definition) is 6. The molecule has 0 bridgehead atoms. The first-order chi connectivity index (χ1) is 22.1. The number of nitrogens with one attached hydrogen (secondary N) is 4. The number of aliphatic hydroxyl groups is 2. The number of para-hydroxylation sites is 2. The monoisotopic (exact) mass is 633 g/mol. The molecule has 4 rings (SSSR count). The molecule has 2 aromatic carbocycles. The lowest BCUT2D eigenvalue weighted by Gasteiger charge is -2.36. The highest BCUT2D eigenvalue weighted by molar-refractivity contribution is 5.94. The number of nitrogens with zero attached hydrogens (tertiary/aromatic N) is 1. The van der Waals surface area contributed by atoms with Crippen molar-refractivity contribution >= 4 is 28.8 Å². The van der Waals surface area contributed by atoms with E-state index in [0.717, 1.165) is 36.7 Å². The van der Waals surface area contributed by atoms with Crippen LogP contribution in [0.2, 0.25) is 0 Å². The molecule has 1 fully saturated rings. The summed E-state index contributed by atoms with van der Waals surface area (Å²) in [5.74, 6) is -1.89. The Hall–Kier alpha value is -3.76. The Morgan fingerprint density at radius 1 is 0.891 bits per heavy atom. The van der Waals surface area contributed by atoms with Crippen molar-refractivity contribution in [2.75, 3.05) is 0 Å². The zero-order chi connectivity index (χ0) is 33.2. The molecule has 3 aromatic rings. The molecule has 1 saturated carbocycles. The second kappa shape index (κ2) is 16.7. The molecule has 1 aliphatic carbocycles. The summed E-state index contributed by atoms with van der Waals surface area (Å²) in [6, 6.07) is 14.8. The summed E-state index contributed by atoms with van der Waals surface area (Å²) in [5.41, 5.74) is 2.13. The minimum absolute atomic E-state index is 0.162. The zero-order valence-corrected chi connectivity index (χ0v) is 27.5. The number of carbonyl (C=O) groups excluding carboxylic acids is 3. The van der Waals surface area contributed by atoms with Gasteiger partial charge in [-0.2, -0.15) is 0 Å². The molecule has 1 aliphatic rings. The van der Waals surface area contributed by atoms with Crippen molar-refractivity contribution in [3.8, 4) is 0 Å². The Morgan fingerprint density at radius 2 is 1.57 bits per heavy atom. The van der Waals surface area contributed by atoms with Crippen LogP contribution >= 0.6 is 0 Å². The summed E-state index contributed by atoms with van der Waals surface area (Å²) in [4.78, 5) is 48.1. The van der Waals surface area contributed by atoms with Gasteiger partial charge in [0.2, 0.25) is 11.8 Å². The third-order valence-corrected chi connectivity index (χ3v) is 9.48. The molecule has 3 amide bonds. The Balaban J connectivity index is 1.47. The summed E-state index contributed by atoms with van der Waals surface area (Å²) in [6.45, 7) is 7.60. The number of carbonyl (C=O) groups is 3. The first-order valence-electron chi connectivity index (χ1n) is 16.8. The van der Waals surface area contributed by atoms with E-state index >= 15 is 0 Å². The molecule has 250 valence electrons. The largest absolute Gasteiger partial charge is 0.390 e. The minimum atomic E-state index is -1.47. The number of fused-ring (bicyclic) bond motifs is 1. The summed E-state index contributed by atoms with van der Waals surface area (Å²) < 4.78 is 0. The van der Waals surface area contributed by atoms with Crippen molar-refractivity contribution in [1.82, 2.24) is 25.9 Å². The van der Waals surface area contributed by atoms with E-state index in [1.165, 1.54) is 6.42 Å². The van der Waals surface area contributed by atoms with E-state index in [-0.39, 0.29) is 30.2 Å². The van der Waals surface area contributed by atoms with Crippen LogP contribution in [0, 0.1) is 23.7 Å². The maximum Gasteiger partial charge on any atom is 0.251 e. The molecule has 1 aromatic heterocycles. The molecule has 6 N–H and O–H groups in total. The highest BCUT2D eigenvalue weighted by Crippen LogP contribution is 2.30. The lowest BCUT2D eigenvalue weighted by Crippen LogP contribution is -2.57. The molecular weight excluding hydrogens is 582 g/mol. The average Bonchev–Trinajstić information content (AvgIpc) is 3.49. The molecule has 6 atom stereocenters. The molecule has 10 nitrogen and oxygen atoms in total. The number of H-pyrrole nitrogens is 1. The Kier molecular flexibility index (Phi) is 12.7. The summed E-state index contributed by atoms with van der Waals surface area (Å²) in [6.07, 6.45) is 3.62. The van der Waals surface area contributed by atoms with E-state index in [9.17, 15) is 24.6 Å². The van der Waals surface area contributed by atoms with Crippen molar-refractivity contribution in [2.24, 2.45) is 23.7 Å². The molecule has 0 spiro atoms. The molecular formula is C36H51N5O5. The number of aliphatic hydroxyl groups excluding tert-OH is 2. The molecule has 1 heterocycles. The maximum atomic E-state index is 13.8. The predicted molar refractivity (Wildman–Crippen MR) is 179 cm³/mol. The SMILES string of the molecule is CCC(C)C(NC(=O)[C@H](C(C)C)[C@@H](O)[C@H](O)[C@H](CC1CCCCC1)NC(=O)c1ccccc1)C(=O)NCc1nc2ccccc2[nH]1. The van der Waals surface area contributed by atoms with Crippen LogP contribution in [0.1, 0.15) is 88.8 Å². The van der Waals surface area contributed by atoms with Gasteiger partial charge in [0.05, 0.1) is 35.6 Å². The van der Waals surface area contributed by atoms with Gasteiger partial charge >= 0.3 is 0 Å². The summed E-state index contributed by atoms with van der Waals surface area (Å²) >= 11 is 0. The number of rotatable bonds is 15. The smallest absolute Gasteiger partial charge is 0.251 e. The van der Waals surface area contributed by atoms with Gasteiger partial charge in [-0.05, 0) is 48.4 Å². The molecule has 0 aliphatic heterocycles. The number of amides is 3. The van der Waals surface area contributed by atoms with Gasteiger partial charge in [-0.3, -0.25) is 14.4 Å². The van der Waals surface area contributed by atoms with E-state index in [1.54, 1.807) is 38.1 Å². The van der Waals surface area contributed by atoms with Gasteiger partial charge in [-0.25, -0.2) is 4.98 Å². The van der Waals surface area contributed by atoms with Crippen LogP contribution in [0.25, 0.3) is 11.0 Å². The zero-order valence-electron chi connectivity index (χ0n) is 27.5. The lowest BCUT2D eigenvalue weighted by molar-refractivity contribution is -0.140. The maximum absolute atomic E-state index is 13.8. The summed E-state index contributed by atoms with van der Waals surface area (Å²) in [7, 11) is 0. The lowest BCUT2D eigenvalue weighted by atomic mass is 9.79. The van der Waals surface area contributed by atoms with Crippen LogP contribution < -0.4 is 16.0 Å². The number of hydrogen-bond donors (Lipinski definition) is 6. The molecule has 10 heteroatoms. The quantitative estimate of drug-likeness (QED) is 0.145. The number of imidazole rings is 1. The molecule has 0 radical (unpaired) electrons. The predicted octanol–water partition coefficient (Wildman–Crippen LogP) is 4.47. The first-order valence-corrected chi connectivity index (χ1v) is 16.8. The van der Waals surface area contributed by atoms with E-state index in [4.69, 9.17) is 0 Å². The van der Waals surface area contributed by atoms with Crippen molar-refractivity contribution in [2.45, 2.75) is 103 Å². The first kappa shape index (κ1) is 35.1. The second-order valence-electron chi connectivity index (χ2n) is 13.2. The van der Waals surface area contributed by atoms with E-state index in [2.05, 4.69) is 25.9 Å². The van der Waals surface area contributed by atoms with Gasteiger partial charge in [0.25, 0.3) is 5.91 Å². The van der Waals surface area contributed by atoms with Gasteiger partial charge in [0.15, 0.2) is 0 Å². The van der Waals surface area contributed by atoms with Crippen molar-refractivity contribution in [3.05, 3.63) is 66.0 Å². The van der Waals surface area contributed by atoms with Gasteiger partial charge in [-0.15, -0.1) is 0 Å². The van der Waals surface area contributed by atoms with Gasteiger partial charge < -0.3 is 31.1 Å². The van der Waals surface area contributed by atoms with Crippen LogP contribution in [0.15, 0.2) is 54.6 Å². The highest BCUT2D eigenvalue weighted by Gasteiger charge is 2.41. The van der Waals surface area contributed by atoms with Crippen molar-refractivity contribution in [1.29, 1.82) is 0 Å². The van der Waals surface area contributed by atoms with Gasteiger partial charge in [-0.1, -0.05) is 96.6 Å². The summed E-state index contributed by atoms with van der Waals surface area (Å²) in [5, 5.41) is 32.0. The van der Waals surface area contributed by atoms with E-state index in [1.807, 2.05) is 44.2 Å². The van der Waals surface area contributed by atoms with E-state index < -0.39 is 36.1 Å². The second-order valence-corrected chi connectivity index (χ2v) is 13.2. The van der Waals surface area contributed by atoms with Crippen molar-refractivity contribution in [3.63, 3.8) is 0 Å². The Bertz CT molecular complexity index is 1390. The van der Waals surface area contributed by atoms with Crippen LogP contribution in [0.5, 0.6) is 0 Å². The van der Waals surface area contributed by atoms with Gasteiger partial charge in [0.1, 0.15) is 18.0 Å². The molecule has 2 unspecified atom stereocenters. The van der Waals surface area contributed by atoms with Crippen LogP contribution in [0.3, 0.4) is 0 Å². The third-order valence-electron chi connectivity index (χ3n) is 9.48. The highest BCUT2D eigenvalue weighted by atomic mass is 16.3. The standard InChI is InChI=1S/C36H51N5O5/c1-5-23(4)31(36(46)37-21-29-38-26-18-12-13-19-27(26)39-29)41-35(45)30(22(2)3)33(43)32(42)28(20-24-14-8-6-9-15-24)40-34(44)25-16-10-7-11-17-25/h7,10-13,16-19,22-24,28,30-33,42-43H,5-6,8-9,14-15,20-21H2,1-4H3,(H,37,46)(H,38,39)(H,40,44)(H,41,45)/t23?,28-,30+,31?,32+,33+/m0/s1. The number of aromatic nitrogens is 2. The molecule has 46 heavy (non-hydrogen) atoms. The normalized spacial score (nSPS) is 17.9. The topological polar surface area (TPSA) is 156 Å². The van der Waals surface area contributed by atoms with Crippen LogP contribution in [-0.4, -0.2) is 62.2 Å².